The molecule has 0 fully saturated rings. The fraction of sp³-hybridized carbons (Fsp3) is 0.0833. The smallest absolute Gasteiger partial charge is 0.335 e. The minimum absolute atomic E-state index is 0.0762. The molecule has 1 unspecified atom stereocenters. The zero-order chi connectivity index (χ0) is 19.3. The Hall–Kier alpha value is -3.66. The summed E-state index contributed by atoms with van der Waals surface area (Å²) in [5.41, 5.74) is 4.44. The molecular weight excluding hydrogens is 348 g/mol. The summed E-state index contributed by atoms with van der Waals surface area (Å²) in [6, 6.07) is 27.3. The fourth-order valence-corrected chi connectivity index (χ4v) is 3.32. The van der Waals surface area contributed by atoms with Crippen molar-refractivity contribution in [1.82, 2.24) is 0 Å². The molecule has 1 heterocycles. The molecule has 0 saturated heterocycles. The molecule has 0 radical (unpaired) electrons. The molecule has 1 aliphatic heterocycles. The average molecular weight is 368 g/mol. The highest BCUT2D eigenvalue weighted by Crippen LogP contribution is 2.35. The first-order valence-corrected chi connectivity index (χ1v) is 9.19. The van der Waals surface area contributed by atoms with Crippen molar-refractivity contribution in [3.63, 3.8) is 0 Å². The van der Waals surface area contributed by atoms with Gasteiger partial charge in [0.15, 0.2) is 0 Å². The number of hydrogen-bond acceptors (Lipinski definition) is 3. The molecule has 0 saturated carbocycles. The van der Waals surface area contributed by atoms with Crippen LogP contribution < -0.4 is 5.01 Å². The van der Waals surface area contributed by atoms with Crippen molar-refractivity contribution < 1.29 is 9.90 Å². The monoisotopic (exact) mass is 368 g/mol. The zero-order valence-electron chi connectivity index (χ0n) is 15.3. The van der Waals surface area contributed by atoms with Crippen molar-refractivity contribution in [3.05, 3.63) is 108 Å². The number of nitrogens with zero attached hydrogens (tertiary/aromatic N) is 2. The lowest BCUT2D eigenvalue weighted by Gasteiger charge is -2.24. The van der Waals surface area contributed by atoms with E-state index >= 15 is 0 Å². The maximum absolute atomic E-state index is 11.1. The first-order chi connectivity index (χ1) is 13.7. The lowest BCUT2D eigenvalue weighted by molar-refractivity contribution is 0.0697. The van der Waals surface area contributed by atoms with Crippen LogP contribution in [0.2, 0.25) is 0 Å². The van der Waals surface area contributed by atoms with Gasteiger partial charge >= 0.3 is 5.97 Å². The van der Waals surface area contributed by atoms with Gasteiger partial charge in [0.25, 0.3) is 0 Å². The number of aromatic carboxylic acids is 1. The van der Waals surface area contributed by atoms with E-state index in [1.807, 2.05) is 53.5 Å². The third-order valence-electron chi connectivity index (χ3n) is 4.76. The van der Waals surface area contributed by atoms with E-state index in [0.717, 1.165) is 23.4 Å². The van der Waals surface area contributed by atoms with Gasteiger partial charge in [-0.2, -0.15) is 5.10 Å². The van der Waals surface area contributed by atoms with Crippen LogP contribution in [-0.2, 0) is 0 Å². The number of rotatable bonds is 5. The van der Waals surface area contributed by atoms with Gasteiger partial charge in [0.1, 0.15) is 0 Å². The maximum atomic E-state index is 11.1. The van der Waals surface area contributed by atoms with Crippen LogP contribution in [0.25, 0.3) is 6.08 Å². The van der Waals surface area contributed by atoms with Gasteiger partial charge in [0, 0.05) is 6.42 Å². The third-order valence-corrected chi connectivity index (χ3v) is 4.76. The molecule has 4 rings (SSSR count). The first-order valence-electron chi connectivity index (χ1n) is 9.19. The van der Waals surface area contributed by atoms with Crippen molar-refractivity contribution in [1.29, 1.82) is 0 Å². The van der Waals surface area contributed by atoms with E-state index in [-0.39, 0.29) is 11.6 Å². The van der Waals surface area contributed by atoms with Crippen LogP contribution >= 0.6 is 0 Å². The summed E-state index contributed by atoms with van der Waals surface area (Å²) in [4.78, 5) is 11.1. The van der Waals surface area contributed by atoms with Crippen LogP contribution in [0.5, 0.6) is 0 Å². The number of benzene rings is 3. The normalized spacial score (nSPS) is 16.4. The number of anilines is 1. The molecule has 0 spiro atoms. The van der Waals surface area contributed by atoms with E-state index in [2.05, 4.69) is 36.4 Å². The van der Waals surface area contributed by atoms with Gasteiger partial charge in [0.05, 0.1) is 23.0 Å². The number of allylic oxidation sites excluding steroid dienone is 1. The second kappa shape index (κ2) is 7.92. The van der Waals surface area contributed by atoms with Gasteiger partial charge in [-0.05, 0) is 41.5 Å². The van der Waals surface area contributed by atoms with Gasteiger partial charge < -0.3 is 5.11 Å². The number of hydrazone groups is 1. The quantitative estimate of drug-likeness (QED) is 0.655. The summed E-state index contributed by atoms with van der Waals surface area (Å²) in [6.45, 7) is 0. The topological polar surface area (TPSA) is 52.9 Å². The molecule has 4 heteroatoms. The number of carbonyl (C=O) groups is 1. The molecule has 138 valence electrons. The minimum Gasteiger partial charge on any atom is -0.478 e. The van der Waals surface area contributed by atoms with Gasteiger partial charge in [-0.25, -0.2) is 4.79 Å². The van der Waals surface area contributed by atoms with Crippen molar-refractivity contribution in [2.24, 2.45) is 5.10 Å². The predicted molar refractivity (Wildman–Crippen MR) is 113 cm³/mol. The number of hydrogen-bond donors (Lipinski definition) is 1. The average Bonchev–Trinajstić information content (AvgIpc) is 3.18. The third kappa shape index (κ3) is 3.86. The van der Waals surface area contributed by atoms with Crippen LogP contribution in [0.4, 0.5) is 5.69 Å². The predicted octanol–water partition coefficient (Wildman–Crippen LogP) is 5.41. The van der Waals surface area contributed by atoms with E-state index < -0.39 is 5.97 Å². The van der Waals surface area contributed by atoms with Gasteiger partial charge in [-0.15, -0.1) is 0 Å². The molecule has 0 bridgehead atoms. The van der Waals surface area contributed by atoms with Crippen LogP contribution in [0.15, 0.2) is 96.1 Å². The molecule has 1 N–H and O–H groups in total. The van der Waals surface area contributed by atoms with Crippen molar-refractivity contribution >= 4 is 23.4 Å². The molecule has 28 heavy (non-hydrogen) atoms. The Morgan fingerprint density at radius 2 is 1.54 bits per heavy atom. The second-order valence-electron chi connectivity index (χ2n) is 6.66. The summed E-state index contributed by atoms with van der Waals surface area (Å²) < 4.78 is 0. The molecule has 0 aliphatic carbocycles. The van der Waals surface area contributed by atoms with E-state index in [1.165, 1.54) is 5.56 Å². The molecular formula is C24H20N2O2. The van der Waals surface area contributed by atoms with Crippen molar-refractivity contribution in [3.8, 4) is 0 Å². The lowest BCUT2D eigenvalue weighted by atomic mass is 10.0. The van der Waals surface area contributed by atoms with E-state index in [4.69, 9.17) is 10.2 Å². The van der Waals surface area contributed by atoms with E-state index in [1.54, 1.807) is 12.1 Å². The summed E-state index contributed by atoms with van der Waals surface area (Å²) in [7, 11) is 0. The Morgan fingerprint density at radius 1 is 0.893 bits per heavy atom. The van der Waals surface area contributed by atoms with Crippen LogP contribution in [-0.4, -0.2) is 16.8 Å². The Kier molecular flexibility index (Phi) is 5.02. The molecule has 3 aromatic rings. The molecule has 3 aromatic carbocycles. The summed E-state index contributed by atoms with van der Waals surface area (Å²) >= 11 is 0. The Bertz CT molecular complexity index is 1010. The Morgan fingerprint density at radius 3 is 2.18 bits per heavy atom. The SMILES string of the molecule is O=C(O)c1ccc(N2N=C(/C=C/c3ccccc3)CC2c2ccccc2)cc1. The highest BCUT2D eigenvalue weighted by Gasteiger charge is 2.28. The Balaban J connectivity index is 1.65. The van der Waals surface area contributed by atoms with E-state index in [0.29, 0.717) is 0 Å². The molecule has 0 amide bonds. The maximum Gasteiger partial charge on any atom is 0.335 e. The van der Waals surface area contributed by atoms with E-state index in [9.17, 15) is 4.79 Å². The number of carboxylic acid groups (broad SMARTS) is 1. The highest BCUT2D eigenvalue weighted by molar-refractivity contribution is 6.01. The summed E-state index contributed by atoms with van der Waals surface area (Å²) in [5, 5.41) is 15.9. The zero-order valence-corrected chi connectivity index (χ0v) is 15.3. The van der Waals surface area contributed by atoms with Gasteiger partial charge in [-0.3, -0.25) is 5.01 Å². The molecule has 1 atom stereocenters. The van der Waals surface area contributed by atoms with Crippen molar-refractivity contribution in [2.75, 3.05) is 5.01 Å². The molecule has 4 nitrogen and oxygen atoms in total. The van der Waals surface area contributed by atoms with Gasteiger partial charge in [-0.1, -0.05) is 66.7 Å². The minimum atomic E-state index is -0.928. The van der Waals surface area contributed by atoms with Crippen LogP contribution in [0.1, 0.15) is 33.9 Å². The standard InChI is InChI=1S/C24H20N2O2/c27-24(28)20-12-15-22(16-13-20)26-23(19-9-5-2-6-10-19)17-21(25-26)14-11-18-7-3-1-4-8-18/h1-16,23H,17H2,(H,27,28)/b14-11+. The lowest BCUT2D eigenvalue weighted by Crippen LogP contribution is -2.18. The fourth-order valence-electron chi connectivity index (χ4n) is 3.32. The Labute approximate surface area is 164 Å². The van der Waals surface area contributed by atoms with Crippen molar-refractivity contribution in [2.45, 2.75) is 12.5 Å². The number of carboxylic acids is 1. The summed E-state index contributed by atoms with van der Waals surface area (Å²) in [5.74, 6) is -0.928. The van der Waals surface area contributed by atoms with Crippen LogP contribution in [0, 0.1) is 0 Å². The second-order valence-corrected chi connectivity index (χ2v) is 6.66. The summed E-state index contributed by atoms with van der Waals surface area (Å²) in [6.07, 6.45) is 4.91. The first kappa shape index (κ1) is 17.7. The largest absolute Gasteiger partial charge is 0.478 e. The molecule has 0 aromatic heterocycles. The van der Waals surface area contributed by atoms with Crippen LogP contribution in [0.3, 0.4) is 0 Å². The highest BCUT2D eigenvalue weighted by atomic mass is 16.4. The van der Waals surface area contributed by atoms with Gasteiger partial charge in [0.2, 0.25) is 0 Å². The molecule has 1 aliphatic rings.